The van der Waals surface area contributed by atoms with Crippen LogP contribution < -0.4 is 5.32 Å². The molecule has 1 amide bonds. The monoisotopic (exact) mass is 532 g/mol. The van der Waals surface area contributed by atoms with Crippen molar-refractivity contribution in [1.82, 2.24) is 20.4 Å². The molecule has 2 aromatic carbocycles. The van der Waals surface area contributed by atoms with Gasteiger partial charge < -0.3 is 9.84 Å². The number of carbonyl (C=O) groups excluding carboxylic acids is 1. The van der Waals surface area contributed by atoms with E-state index in [4.69, 9.17) is 27.7 Å². The molecule has 0 atom stereocenters. The molecule has 1 fully saturated rings. The average Bonchev–Trinajstić information content (AvgIpc) is 3.30. The Morgan fingerprint density at radius 2 is 2.00 bits per heavy atom. The smallest absolute Gasteiger partial charge is 0.241 e. The molecule has 186 valence electrons. The standard InChI is InChI=1S/C26H30Cl2N4O2S/c1-18-5-2-3-6-20(18)17-35-14-4-11-29-26(33)19-9-12-32(13-10-19)16-24-30-25(31-34-24)22-8-7-21(27)15-23(22)28/h2-3,5-8,15,19H,4,9-14,16-17H2,1H3,(H,29,33). The zero-order chi connectivity index (χ0) is 24.6. The van der Waals surface area contributed by atoms with Crippen LogP contribution in [-0.4, -0.2) is 46.3 Å². The summed E-state index contributed by atoms with van der Waals surface area (Å²) in [4.78, 5) is 19.3. The first-order valence-corrected chi connectivity index (χ1v) is 13.8. The van der Waals surface area contributed by atoms with Crippen LogP contribution in [0.25, 0.3) is 11.4 Å². The maximum atomic E-state index is 12.6. The van der Waals surface area contributed by atoms with Crippen molar-refractivity contribution in [2.45, 2.75) is 38.5 Å². The number of rotatable bonds is 10. The van der Waals surface area contributed by atoms with E-state index in [2.05, 4.69) is 51.5 Å². The summed E-state index contributed by atoms with van der Waals surface area (Å²) in [6.45, 7) is 5.09. The van der Waals surface area contributed by atoms with Crippen LogP contribution in [-0.2, 0) is 17.1 Å². The van der Waals surface area contributed by atoms with Crippen LogP contribution in [0.15, 0.2) is 47.0 Å². The summed E-state index contributed by atoms with van der Waals surface area (Å²) >= 11 is 14.1. The van der Waals surface area contributed by atoms with Crippen LogP contribution in [0.5, 0.6) is 0 Å². The van der Waals surface area contributed by atoms with Gasteiger partial charge in [0, 0.05) is 28.8 Å². The van der Waals surface area contributed by atoms with Crippen molar-refractivity contribution in [3.05, 3.63) is 69.5 Å². The summed E-state index contributed by atoms with van der Waals surface area (Å²) in [7, 11) is 0. The number of piperidine rings is 1. The highest BCUT2D eigenvalue weighted by Gasteiger charge is 2.26. The van der Waals surface area contributed by atoms with Crippen LogP contribution in [0.3, 0.4) is 0 Å². The molecule has 9 heteroatoms. The van der Waals surface area contributed by atoms with Gasteiger partial charge in [-0.25, -0.2) is 0 Å². The van der Waals surface area contributed by atoms with E-state index in [1.807, 2.05) is 11.8 Å². The molecule has 0 unspecified atom stereocenters. The number of nitrogens with one attached hydrogen (secondary N) is 1. The molecule has 1 aliphatic heterocycles. The van der Waals surface area contributed by atoms with Gasteiger partial charge in [-0.3, -0.25) is 9.69 Å². The number of amides is 1. The third-order valence-electron chi connectivity index (χ3n) is 6.24. The molecule has 2 heterocycles. The van der Waals surface area contributed by atoms with E-state index in [1.165, 1.54) is 11.1 Å². The number of hydrogen-bond acceptors (Lipinski definition) is 6. The number of halogens is 2. The topological polar surface area (TPSA) is 71.3 Å². The minimum Gasteiger partial charge on any atom is -0.356 e. The fourth-order valence-electron chi connectivity index (χ4n) is 4.13. The van der Waals surface area contributed by atoms with Gasteiger partial charge in [0.2, 0.25) is 17.6 Å². The van der Waals surface area contributed by atoms with Crippen molar-refractivity contribution in [2.75, 3.05) is 25.4 Å². The Hall–Kier alpha value is -2.06. The Morgan fingerprint density at radius 3 is 2.77 bits per heavy atom. The molecule has 1 saturated heterocycles. The van der Waals surface area contributed by atoms with Crippen molar-refractivity contribution in [1.29, 1.82) is 0 Å². The number of hydrogen-bond donors (Lipinski definition) is 1. The van der Waals surface area contributed by atoms with Gasteiger partial charge in [-0.2, -0.15) is 16.7 Å². The highest BCUT2D eigenvalue weighted by atomic mass is 35.5. The Labute approximate surface area is 220 Å². The number of benzene rings is 2. The predicted octanol–water partition coefficient (Wildman–Crippen LogP) is 6.00. The fraction of sp³-hybridized carbons (Fsp3) is 0.423. The van der Waals surface area contributed by atoms with Gasteiger partial charge in [0.05, 0.1) is 11.6 Å². The number of carbonyl (C=O) groups is 1. The quantitative estimate of drug-likeness (QED) is 0.322. The normalized spacial score (nSPS) is 14.8. The molecule has 6 nitrogen and oxygen atoms in total. The van der Waals surface area contributed by atoms with Crippen molar-refractivity contribution in [3.8, 4) is 11.4 Å². The zero-order valence-electron chi connectivity index (χ0n) is 19.8. The van der Waals surface area contributed by atoms with Gasteiger partial charge in [-0.05, 0) is 74.4 Å². The third kappa shape index (κ3) is 7.46. The Morgan fingerprint density at radius 1 is 1.20 bits per heavy atom. The van der Waals surface area contributed by atoms with Crippen LogP contribution in [0.4, 0.5) is 0 Å². The van der Waals surface area contributed by atoms with Crippen molar-refractivity contribution in [2.24, 2.45) is 5.92 Å². The van der Waals surface area contributed by atoms with E-state index >= 15 is 0 Å². The Balaban J connectivity index is 1.13. The molecule has 35 heavy (non-hydrogen) atoms. The molecule has 4 rings (SSSR count). The number of likely N-dealkylation sites (tertiary alicyclic amines) is 1. The molecule has 0 aliphatic carbocycles. The summed E-state index contributed by atoms with van der Waals surface area (Å²) in [5, 5.41) is 8.23. The minimum atomic E-state index is 0.0667. The van der Waals surface area contributed by atoms with E-state index < -0.39 is 0 Å². The largest absolute Gasteiger partial charge is 0.356 e. The van der Waals surface area contributed by atoms with E-state index in [9.17, 15) is 4.79 Å². The highest BCUT2D eigenvalue weighted by molar-refractivity contribution is 7.98. The molecular formula is C26H30Cl2N4O2S. The summed E-state index contributed by atoms with van der Waals surface area (Å²) < 4.78 is 5.43. The first-order valence-electron chi connectivity index (χ1n) is 11.9. The Bertz CT molecular complexity index is 1130. The summed E-state index contributed by atoms with van der Waals surface area (Å²) in [6.07, 6.45) is 2.65. The van der Waals surface area contributed by atoms with Crippen LogP contribution in [0.1, 0.15) is 36.3 Å². The molecular weight excluding hydrogens is 503 g/mol. The molecule has 0 bridgehead atoms. The first kappa shape index (κ1) is 26.0. The maximum Gasteiger partial charge on any atom is 0.241 e. The van der Waals surface area contributed by atoms with Crippen LogP contribution >= 0.6 is 35.0 Å². The molecule has 0 radical (unpaired) electrons. The average molecular weight is 534 g/mol. The highest BCUT2D eigenvalue weighted by Crippen LogP contribution is 2.29. The molecule has 1 N–H and O–H groups in total. The molecule has 0 spiro atoms. The van der Waals surface area contributed by atoms with Gasteiger partial charge >= 0.3 is 0 Å². The third-order valence-corrected chi connectivity index (χ3v) is 7.88. The van der Waals surface area contributed by atoms with Gasteiger partial charge in [-0.15, -0.1) is 0 Å². The van der Waals surface area contributed by atoms with E-state index in [1.54, 1.807) is 18.2 Å². The second kappa shape index (κ2) is 12.8. The van der Waals surface area contributed by atoms with Crippen LogP contribution in [0.2, 0.25) is 10.0 Å². The number of aromatic nitrogens is 2. The SMILES string of the molecule is Cc1ccccc1CSCCCNC(=O)C1CCN(Cc2nc(-c3ccc(Cl)cc3Cl)no2)CC1. The van der Waals surface area contributed by atoms with Gasteiger partial charge in [-0.1, -0.05) is 52.6 Å². The lowest BCUT2D eigenvalue weighted by molar-refractivity contribution is -0.126. The fourth-order valence-corrected chi connectivity index (χ4v) is 5.66. The van der Waals surface area contributed by atoms with E-state index in [0.29, 0.717) is 33.9 Å². The van der Waals surface area contributed by atoms with Gasteiger partial charge in [0.25, 0.3) is 0 Å². The summed E-state index contributed by atoms with van der Waals surface area (Å²) in [5.41, 5.74) is 3.42. The Kier molecular flexibility index (Phi) is 9.49. The summed E-state index contributed by atoms with van der Waals surface area (Å²) in [6, 6.07) is 13.7. The predicted molar refractivity (Wildman–Crippen MR) is 143 cm³/mol. The molecule has 1 aliphatic rings. The number of thioether (sulfide) groups is 1. The van der Waals surface area contributed by atoms with Gasteiger partial charge in [0.15, 0.2) is 0 Å². The summed E-state index contributed by atoms with van der Waals surface area (Å²) in [5.74, 6) is 3.29. The zero-order valence-corrected chi connectivity index (χ0v) is 22.1. The van der Waals surface area contributed by atoms with Crippen molar-refractivity contribution < 1.29 is 9.32 Å². The van der Waals surface area contributed by atoms with E-state index in [0.717, 1.165) is 50.4 Å². The second-order valence-corrected chi connectivity index (χ2v) is 10.8. The van der Waals surface area contributed by atoms with Crippen molar-refractivity contribution >= 4 is 40.9 Å². The lowest BCUT2D eigenvalue weighted by Crippen LogP contribution is -2.40. The minimum absolute atomic E-state index is 0.0667. The van der Waals surface area contributed by atoms with Crippen LogP contribution in [0, 0.1) is 12.8 Å². The number of aryl methyl sites for hydroxylation is 1. The number of nitrogens with zero attached hydrogens (tertiary/aromatic N) is 3. The lowest BCUT2D eigenvalue weighted by atomic mass is 9.96. The molecule has 3 aromatic rings. The lowest BCUT2D eigenvalue weighted by Gasteiger charge is -2.30. The maximum absolute atomic E-state index is 12.6. The van der Waals surface area contributed by atoms with E-state index in [-0.39, 0.29) is 11.8 Å². The molecule has 1 aromatic heterocycles. The molecule has 0 saturated carbocycles. The van der Waals surface area contributed by atoms with Crippen molar-refractivity contribution in [3.63, 3.8) is 0 Å². The van der Waals surface area contributed by atoms with Gasteiger partial charge in [0.1, 0.15) is 0 Å². The second-order valence-electron chi connectivity index (χ2n) is 8.81. The first-order chi connectivity index (χ1) is 17.0.